The molecule has 2 heterocycles. The van der Waals surface area contributed by atoms with E-state index in [2.05, 4.69) is 31.0 Å². The number of hydrogen-bond acceptors (Lipinski definition) is 2. The molecule has 4 heteroatoms. The van der Waals surface area contributed by atoms with Crippen LogP contribution < -0.4 is 0 Å². The van der Waals surface area contributed by atoms with Crippen LogP contribution in [0.25, 0.3) is 0 Å². The van der Waals surface area contributed by atoms with Crippen molar-refractivity contribution in [2.75, 3.05) is 7.05 Å². The van der Waals surface area contributed by atoms with Crippen LogP contribution in [0.15, 0.2) is 24.3 Å². The third-order valence-electron chi connectivity index (χ3n) is 2.89. The maximum Gasteiger partial charge on any atom is 0.270 e. The van der Waals surface area contributed by atoms with Crippen molar-refractivity contribution >= 4 is 17.2 Å². The zero-order chi connectivity index (χ0) is 13.1. The van der Waals surface area contributed by atoms with Crippen LogP contribution in [0.4, 0.5) is 0 Å². The topological polar surface area (TPSA) is 36.1 Å². The minimum Gasteiger partial charge on any atom is -0.354 e. The van der Waals surface area contributed by atoms with E-state index in [9.17, 15) is 4.79 Å². The fourth-order valence-electron chi connectivity index (χ4n) is 1.85. The first-order valence-electron chi connectivity index (χ1n) is 6.09. The average Bonchev–Trinajstić information content (AvgIpc) is 2.97. The zero-order valence-electron chi connectivity index (χ0n) is 11.0. The molecular weight excluding hydrogens is 244 g/mol. The number of aryl methyl sites for hydroxylation is 2. The van der Waals surface area contributed by atoms with Crippen molar-refractivity contribution in [2.45, 2.75) is 26.8 Å². The van der Waals surface area contributed by atoms with Crippen LogP contribution in [-0.2, 0) is 13.0 Å². The molecule has 1 amide bonds. The molecule has 0 aliphatic carbocycles. The maximum absolute atomic E-state index is 12.2. The second kappa shape index (κ2) is 5.40. The zero-order valence-corrected chi connectivity index (χ0v) is 11.8. The standard InChI is InChI=1S/C14H18N2OS/c1-4-11-6-8-13(15-11)14(17)16(3)9-12-7-5-10(2)18-12/h5-8,15H,4,9H2,1-3H3. The second-order valence-corrected chi connectivity index (χ2v) is 5.80. The average molecular weight is 262 g/mol. The first-order chi connectivity index (χ1) is 8.60. The Morgan fingerprint density at radius 2 is 2.11 bits per heavy atom. The van der Waals surface area contributed by atoms with Gasteiger partial charge in [-0.3, -0.25) is 4.79 Å². The molecule has 0 aliphatic heterocycles. The van der Waals surface area contributed by atoms with E-state index in [1.54, 1.807) is 16.2 Å². The van der Waals surface area contributed by atoms with E-state index in [0.717, 1.165) is 12.1 Å². The minimum absolute atomic E-state index is 0.0424. The van der Waals surface area contributed by atoms with Gasteiger partial charge in [-0.15, -0.1) is 11.3 Å². The lowest BCUT2D eigenvalue weighted by molar-refractivity contribution is 0.0781. The highest BCUT2D eigenvalue weighted by atomic mass is 32.1. The lowest BCUT2D eigenvalue weighted by Crippen LogP contribution is -2.26. The summed E-state index contributed by atoms with van der Waals surface area (Å²) in [5.74, 6) is 0.0424. The van der Waals surface area contributed by atoms with Crippen molar-refractivity contribution in [3.63, 3.8) is 0 Å². The number of carbonyl (C=O) groups excluding carboxylic acids is 1. The number of nitrogens with one attached hydrogen (secondary N) is 1. The lowest BCUT2D eigenvalue weighted by atomic mass is 10.3. The second-order valence-electron chi connectivity index (χ2n) is 4.42. The van der Waals surface area contributed by atoms with Crippen LogP contribution in [0.3, 0.4) is 0 Å². The Morgan fingerprint density at radius 3 is 2.67 bits per heavy atom. The third-order valence-corrected chi connectivity index (χ3v) is 3.88. The quantitative estimate of drug-likeness (QED) is 0.902. The highest BCUT2D eigenvalue weighted by molar-refractivity contribution is 7.11. The van der Waals surface area contributed by atoms with Crippen molar-refractivity contribution in [2.24, 2.45) is 0 Å². The van der Waals surface area contributed by atoms with E-state index >= 15 is 0 Å². The molecule has 0 aliphatic rings. The largest absolute Gasteiger partial charge is 0.354 e. The molecular formula is C14H18N2OS. The summed E-state index contributed by atoms with van der Waals surface area (Å²) in [4.78, 5) is 19.6. The molecule has 2 rings (SSSR count). The number of aromatic nitrogens is 1. The fraction of sp³-hybridized carbons (Fsp3) is 0.357. The van der Waals surface area contributed by atoms with Gasteiger partial charge in [0.1, 0.15) is 5.69 Å². The normalized spacial score (nSPS) is 10.6. The Bertz CT molecular complexity index is 541. The molecule has 0 atom stereocenters. The number of rotatable bonds is 4. The van der Waals surface area contributed by atoms with Crippen molar-refractivity contribution in [3.8, 4) is 0 Å². The van der Waals surface area contributed by atoms with Gasteiger partial charge in [0.2, 0.25) is 0 Å². The Labute approximate surface area is 111 Å². The Hall–Kier alpha value is -1.55. The molecule has 18 heavy (non-hydrogen) atoms. The van der Waals surface area contributed by atoms with Crippen LogP contribution in [-0.4, -0.2) is 22.8 Å². The number of amides is 1. The first-order valence-corrected chi connectivity index (χ1v) is 6.90. The summed E-state index contributed by atoms with van der Waals surface area (Å²) in [5.41, 5.74) is 1.77. The molecule has 0 spiro atoms. The summed E-state index contributed by atoms with van der Waals surface area (Å²) < 4.78 is 0. The predicted octanol–water partition coefficient (Wildman–Crippen LogP) is 3.22. The van der Waals surface area contributed by atoms with E-state index < -0.39 is 0 Å². The number of aromatic amines is 1. The van der Waals surface area contributed by atoms with Crippen LogP contribution >= 0.6 is 11.3 Å². The molecule has 0 radical (unpaired) electrons. The SMILES string of the molecule is CCc1ccc(C(=O)N(C)Cc2ccc(C)s2)[nH]1. The van der Waals surface area contributed by atoms with E-state index in [1.807, 2.05) is 19.2 Å². The summed E-state index contributed by atoms with van der Waals surface area (Å²) in [6, 6.07) is 7.99. The first kappa shape index (κ1) is 12.9. The van der Waals surface area contributed by atoms with Gasteiger partial charge in [0.15, 0.2) is 0 Å². The summed E-state index contributed by atoms with van der Waals surface area (Å²) in [6.07, 6.45) is 0.918. The molecule has 0 saturated carbocycles. The van der Waals surface area contributed by atoms with Gasteiger partial charge in [-0.05, 0) is 37.6 Å². The summed E-state index contributed by atoms with van der Waals surface area (Å²) in [6.45, 7) is 4.81. The monoisotopic (exact) mass is 262 g/mol. The molecule has 96 valence electrons. The van der Waals surface area contributed by atoms with Gasteiger partial charge in [-0.25, -0.2) is 0 Å². The minimum atomic E-state index is 0.0424. The summed E-state index contributed by atoms with van der Waals surface area (Å²) >= 11 is 1.73. The van der Waals surface area contributed by atoms with Gasteiger partial charge in [0.25, 0.3) is 5.91 Å². The molecule has 0 fully saturated rings. The van der Waals surface area contributed by atoms with Gasteiger partial charge < -0.3 is 9.88 Å². The number of nitrogens with zero attached hydrogens (tertiary/aromatic N) is 1. The van der Waals surface area contributed by atoms with Gasteiger partial charge in [-0.2, -0.15) is 0 Å². The summed E-state index contributed by atoms with van der Waals surface area (Å²) in [5, 5.41) is 0. The molecule has 0 bridgehead atoms. The number of thiophene rings is 1. The van der Waals surface area contributed by atoms with Crippen molar-refractivity contribution in [1.82, 2.24) is 9.88 Å². The van der Waals surface area contributed by atoms with Crippen LogP contribution in [0.5, 0.6) is 0 Å². The summed E-state index contributed by atoms with van der Waals surface area (Å²) in [7, 11) is 1.84. The van der Waals surface area contributed by atoms with E-state index in [0.29, 0.717) is 12.2 Å². The molecule has 0 aromatic carbocycles. The van der Waals surface area contributed by atoms with Gasteiger partial charge >= 0.3 is 0 Å². The molecule has 0 saturated heterocycles. The van der Waals surface area contributed by atoms with Crippen molar-refractivity contribution in [3.05, 3.63) is 45.4 Å². The molecule has 2 aromatic heterocycles. The van der Waals surface area contributed by atoms with E-state index in [4.69, 9.17) is 0 Å². The lowest BCUT2D eigenvalue weighted by Gasteiger charge is -2.15. The van der Waals surface area contributed by atoms with E-state index in [1.165, 1.54) is 9.75 Å². The predicted molar refractivity (Wildman–Crippen MR) is 75.0 cm³/mol. The van der Waals surface area contributed by atoms with Gasteiger partial charge in [-0.1, -0.05) is 6.92 Å². The number of carbonyl (C=O) groups is 1. The molecule has 0 unspecified atom stereocenters. The Kier molecular flexibility index (Phi) is 3.87. The Morgan fingerprint density at radius 1 is 1.33 bits per heavy atom. The molecule has 2 aromatic rings. The number of H-pyrrole nitrogens is 1. The van der Waals surface area contributed by atoms with Gasteiger partial charge in [0.05, 0.1) is 6.54 Å². The third kappa shape index (κ3) is 2.82. The maximum atomic E-state index is 12.2. The van der Waals surface area contributed by atoms with Crippen molar-refractivity contribution in [1.29, 1.82) is 0 Å². The number of hydrogen-bond donors (Lipinski definition) is 1. The van der Waals surface area contributed by atoms with E-state index in [-0.39, 0.29) is 5.91 Å². The highest BCUT2D eigenvalue weighted by Gasteiger charge is 2.14. The Balaban J connectivity index is 2.04. The van der Waals surface area contributed by atoms with Crippen molar-refractivity contribution < 1.29 is 4.79 Å². The van der Waals surface area contributed by atoms with Crippen LogP contribution in [0.2, 0.25) is 0 Å². The molecule has 1 N–H and O–H groups in total. The highest BCUT2D eigenvalue weighted by Crippen LogP contribution is 2.17. The molecule has 3 nitrogen and oxygen atoms in total. The van der Waals surface area contributed by atoms with Crippen LogP contribution in [0, 0.1) is 6.92 Å². The smallest absolute Gasteiger partial charge is 0.270 e. The van der Waals surface area contributed by atoms with Crippen LogP contribution in [0.1, 0.15) is 32.9 Å². The van der Waals surface area contributed by atoms with Gasteiger partial charge in [0, 0.05) is 22.5 Å². The fourth-order valence-corrected chi connectivity index (χ4v) is 2.80.